The van der Waals surface area contributed by atoms with Crippen LogP contribution in [0.25, 0.3) is 10.9 Å². The molecule has 10 nitrogen and oxygen atoms in total. The molecule has 2 N–H and O–H groups in total. The third kappa shape index (κ3) is 4.98. The van der Waals surface area contributed by atoms with Crippen molar-refractivity contribution in [2.45, 2.75) is 12.5 Å². The number of pyridine rings is 1. The van der Waals surface area contributed by atoms with E-state index < -0.39 is 29.8 Å². The van der Waals surface area contributed by atoms with Crippen LogP contribution in [0.3, 0.4) is 0 Å². The lowest BCUT2D eigenvalue weighted by atomic mass is 10.1. The number of aromatic nitrogens is 1. The van der Waals surface area contributed by atoms with Crippen molar-refractivity contribution < 1.29 is 29.1 Å². The largest absolute Gasteiger partial charge is 0.480 e. The number of carboxylic acids is 1. The van der Waals surface area contributed by atoms with Crippen LogP contribution >= 0.6 is 0 Å². The van der Waals surface area contributed by atoms with E-state index in [1.165, 1.54) is 24.4 Å². The number of nitrogens with zero attached hydrogens (tertiary/aromatic N) is 2. The molecule has 1 atom stereocenters. The van der Waals surface area contributed by atoms with Crippen LogP contribution < -0.4 is 10.1 Å². The molecule has 2 aromatic carbocycles. The summed E-state index contributed by atoms with van der Waals surface area (Å²) in [6, 6.07) is 13.4. The maximum absolute atomic E-state index is 12.0. The summed E-state index contributed by atoms with van der Waals surface area (Å²) in [6.07, 6.45) is 0.564. The number of alkyl carbamates (subject to hydrolysis) is 1. The maximum atomic E-state index is 12.0. The highest BCUT2D eigenvalue weighted by atomic mass is 16.7. The fourth-order valence-corrected chi connectivity index (χ4v) is 2.79. The number of carbonyl (C=O) groups excluding carboxylic acids is 1. The average Bonchev–Trinajstić information content (AvgIpc) is 2.73. The number of amides is 1. The molecule has 30 heavy (non-hydrogen) atoms. The summed E-state index contributed by atoms with van der Waals surface area (Å²) < 4.78 is 10.3. The standard InChI is InChI=1S/C20H17N3O7/c24-19(25)15(11-13-5-2-1-3-6-13)22-20(26)30-12-29-17-9-8-16(23(27)28)14-7-4-10-21-18(14)17/h1-10,15H,11-12H2,(H,22,26)(H,24,25)/t15-/m0/s1. The SMILES string of the molecule is O=C(N[C@@H](Cc1ccccc1)C(=O)O)OCOc1ccc([N+](=O)[O-])c2cccnc12. The van der Waals surface area contributed by atoms with E-state index >= 15 is 0 Å². The number of rotatable bonds is 8. The highest BCUT2D eigenvalue weighted by Gasteiger charge is 2.21. The van der Waals surface area contributed by atoms with Crippen LogP contribution in [0.1, 0.15) is 5.56 Å². The Hall–Kier alpha value is -4.21. The molecule has 0 aliphatic rings. The summed E-state index contributed by atoms with van der Waals surface area (Å²) in [6.45, 7) is -0.535. The monoisotopic (exact) mass is 411 g/mol. The predicted molar refractivity (Wildman–Crippen MR) is 105 cm³/mol. The van der Waals surface area contributed by atoms with Gasteiger partial charge in [0, 0.05) is 18.7 Å². The van der Waals surface area contributed by atoms with Crippen molar-refractivity contribution in [2.75, 3.05) is 6.79 Å². The van der Waals surface area contributed by atoms with Crippen molar-refractivity contribution >= 4 is 28.7 Å². The Morgan fingerprint density at radius 3 is 2.60 bits per heavy atom. The van der Waals surface area contributed by atoms with E-state index in [0.717, 1.165) is 5.56 Å². The van der Waals surface area contributed by atoms with Gasteiger partial charge in [-0.3, -0.25) is 15.1 Å². The van der Waals surface area contributed by atoms with Crippen LogP contribution in [0.15, 0.2) is 60.8 Å². The first-order valence-electron chi connectivity index (χ1n) is 8.80. The van der Waals surface area contributed by atoms with Gasteiger partial charge in [-0.2, -0.15) is 0 Å². The van der Waals surface area contributed by atoms with E-state index in [0.29, 0.717) is 0 Å². The van der Waals surface area contributed by atoms with E-state index in [-0.39, 0.29) is 28.8 Å². The number of nitro groups is 1. The molecule has 1 amide bonds. The van der Waals surface area contributed by atoms with Crippen LogP contribution in [0.2, 0.25) is 0 Å². The molecule has 0 bridgehead atoms. The van der Waals surface area contributed by atoms with E-state index in [2.05, 4.69) is 10.3 Å². The molecule has 3 rings (SSSR count). The van der Waals surface area contributed by atoms with Gasteiger partial charge in [0.25, 0.3) is 5.69 Å². The number of carboxylic acid groups (broad SMARTS) is 1. The molecule has 1 aromatic heterocycles. The molecule has 0 radical (unpaired) electrons. The summed E-state index contributed by atoms with van der Waals surface area (Å²) in [4.78, 5) is 38.0. The number of fused-ring (bicyclic) bond motifs is 1. The van der Waals surface area contributed by atoms with Crippen molar-refractivity contribution in [2.24, 2.45) is 0 Å². The second-order valence-corrected chi connectivity index (χ2v) is 6.16. The molecule has 0 aliphatic carbocycles. The van der Waals surface area contributed by atoms with Gasteiger partial charge in [0.05, 0.1) is 10.3 Å². The van der Waals surface area contributed by atoms with Crippen LogP contribution in [0, 0.1) is 10.1 Å². The van der Waals surface area contributed by atoms with Gasteiger partial charge in [0.15, 0.2) is 0 Å². The Balaban J connectivity index is 1.61. The van der Waals surface area contributed by atoms with Gasteiger partial charge in [-0.25, -0.2) is 9.59 Å². The van der Waals surface area contributed by atoms with Gasteiger partial charge in [-0.15, -0.1) is 0 Å². The van der Waals surface area contributed by atoms with Crippen LogP contribution in [-0.2, 0) is 16.0 Å². The second-order valence-electron chi connectivity index (χ2n) is 6.16. The Morgan fingerprint density at radius 2 is 1.90 bits per heavy atom. The topological polar surface area (TPSA) is 141 Å². The summed E-state index contributed by atoms with van der Waals surface area (Å²) in [5.41, 5.74) is 0.849. The number of carbonyl (C=O) groups is 2. The fraction of sp³-hybridized carbons (Fsp3) is 0.150. The molecule has 154 valence electrons. The molecule has 10 heteroatoms. The number of nitro benzene ring substituents is 1. The van der Waals surface area contributed by atoms with Gasteiger partial charge in [-0.1, -0.05) is 30.3 Å². The molecule has 0 saturated carbocycles. The average molecular weight is 411 g/mol. The van der Waals surface area contributed by atoms with Crippen molar-refractivity contribution in [1.82, 2.24) is 10.3 Å². The number of hydrogen-bond acceptors (Lipinski definition) is 7. The van der Waals surface area contributed by atoms with Crippen molar-refractivity contribution in [3.05, 3.63) is 76.5 Å². The molecule has 1 heterocycles. The predicted octanol–water partition coefficient (Wildman–Crippen LogP) is 2.90. The van der Waals surface area contributed by atoms with Gasteiger partial charge >= 0.3 is 12.1 Å². The fourth-order valence-electron chi connectivity index (χ4n) is 2.79. The number of non-ortho nitro benzene ring substituents is 1. The molecule has 0 fully saturated rings. The third-order valence-electron chi connectivity index (χ3n) is 4.18. The molecule has 3 aromatic rings. The molecular formula is C20H17N3O7. The number of aliphatic carboxylic acids is 1. The summed E-state index contributed by atoms with van der Waals surface area (Å²) in [5.74, 6) is -1.02. The van der Waals surface area contributed by atoms with Gasteiger partial charge in [0.2, 0.25) is 6.79 Å². The van der Waals surface area contributed by atoms with E-state index in [4.69, 9.17) is 9.47 Å². The first kappa shape index (κ1) is 20.5. The third-order valence-corrected chi connectivity index (χ3v) is 4.18. The molecule has 0 spiro atoms. The first-order valence-corrected chi connectivity index (χ1v) is 8.80. The number of hydrogen-bond donors (Lipinski definition) is 2. The van der Waals surface area contributed by atoms with Crippen molar-refractivity contribution in [1.29, 1.82) is 0 Å². The van der Waals surface area contributed by atoms with Gasteiger partial charge in [-0.05, 0) is 23.8 Å². The smallest absolute Gasteiger partial charge is 0.410 e. The number of benzene rings is 2. The zero-order valence-corrected chi connectivity index (χ0v) is 15.6. The number of nitrogens with one attached hydrogen (secondary N) is 1. The van der Waals surface area contributed by atoms with Crippen LogP contribution in [0.4, 0.5) is 10.5 Å². The van der Waals surface area contributed by atoms with Crippen LogP contribution in [0.5, 0.6) is 5.75 Å². The van der Waals surface area contributed by atoms with Gasteiger partial charge < -0.3 is 19.9 Å². The summed E-state index contributed by atoms with van der Waals surface area (Å²) in [7, 11) is 0. The maximum Gasteiger partial charge on any atom is 0.410 e. The zero-order valence-electron chi connectivity index (χ0n) is 15.6. The summed E-state index contributed by atoms with van der Waals surface area (Å²) in [5, 5.41) is 23.0. The summed E-state index contributed by atoms with van der Waals surface area (Å²) >= 11 is 0. The number of ether oxygens (including phenoxy) is 2. The zero-order chi connectivity index (χ0) is 21.5. The van der Waals surface area contributed by atoms with Crippen molar-refractivity contribution in [3.8, 4) is 5.75 Å². The molecule has 0 unspecified atom stereocenters. The minimum atomic E-state index is -1.21. The highest BCUT2D eigenvalue weighted by Crippen LogP contribution is 2.31. The lowest BCUT2D eigenvalue weighted by Gasteiger charge is -2.15. The second kappa shape index (κ2) is 9.32. The lowest BCUT2D eigenvalue weighted by molar-refractivity contribution is -0.383. The quantitative estimate of drug-likeness (QED) is 0.327. The lowest BCUT2D eigenvalue weighted by Crippen LogP contribution is -2.42. The Kier molecular flexibility index (Phi) is 6.38. The van der Waals surface area contributed by atoms with E-state index in [1.54, 1.807) is 36.4 Å². The van der Waals surface area contributed by atoms with E-state index in [1.807, 2.05) is 0 Å². The molecule has 0 aliphatic heterocycles. The Bertz CT molecular complexity index is 1070. The molecular weight excluding hydrogens is 394 g/mol. The van der Waals surface area contributed by atoms with Gasteiger partial charge in [0.1, 0.15) is 17.3 Å². The minimum absolute atomic E-state index is 0.0863. The highest BCUT2D eigenvalue weighted by molar-refractivity contribution is 5.92. The first-order chi connectivity index (χ1) is 14.5. The van der Waals surface area contributed by atoms with E-state index in [9.17, 15) is 24.8 Å². The van der Waals surface area contributed by atoms with Crippen molar-refractivity contribution in [3.63, 3.8) is 0 Å². The minimum Gasteiger partial charge on any atom is -0.480 e. The molecule has 0 saturated heterocycles. The Labute approximate surface area is 170 Å². The normalized spacial score (nSPS) is 11.5. The Morgan fingerprint density at radius 1 is 1.13 bits per heavy atom. The van der Waals surface area contributed by atoms with Crippen LogP contribution in [-0.4, -0.2) is 39.9 Å².